The molecule has 3 aromatic rings. The largest absolute Gasteiger partial charge is 0.586 e. The van der Waals surface area contributed by atoms with Gasteiger partial charge in [0.1, 0.15) is 5.75 Å². The monoisotopic (exact) mass is 394 g/mol. The maximum absolute atomic E-state index is 13.1. The van der Waals surface area contributed by atoms with Crippen molar-refractivity contribution in [2.75, 3.05) is 0 Å². The summed E-state index contributed by atoms with van der Waals surface area (Å²) in [6.45, 7) is 1.94. The molecule has 0 fully saturated rings. The van der Waals surface area contributed by atoms with Gasteiger partial charge in [0.2, 0.25) is 0 Å². The van der Waals surface area contributed by atoms with Crippen molar-refractivity contribution in [2.24, 2.45) is 0 Å². The van der Waals surface area contributed by atoms with E-state index in [2.05, 4.69) is 19.6 Å². The third-order valence-electron chi connectivity index (χ3n) is 3.84. The maximum Gasteiger partial charge on any atom is 0.586 e. The molecule has 2 aromatic carbocycles. The van der Waals surface area contributed by atoms with E-state index in [1.807, 2.05) is 19.1 Å². The van der Waals surface area contributed by atoms with E-state index >= 15 is 0 Å². The van der Waals surface area contributed by atoms with E-state index in [1.165, 1.54) is 12.1 Å². The van der Waals surface area contributed by atoms with Crippen molar-refractivity contribution in [3.63, 3.8) is 0 Å². The number of nitrogens with zero attached hydrogens (tertiary/aromatic N) is 2. The second kappa shape index (κ2) is 6.70. The molecule has 0 spiro atoms. The van der Waals surface area contributed by atoms with Gasteiger partial charge in [-0.15, -0.1) is 8.78 Å². The van der Waals surface area contributed by atoms with Crippen LogP contribution in [0.15, 0.2) is 40.9 Å². The molecule has 2 heterocycles. The molecule has 140 valence electrons. The third kappa shape index (κ3) is 3.80. The van der Waals surface area contributed by atoms with Gasteiger partial charge in [-0.3, -0.25) is 0 Å². The topological polar surface area (TPSA) is 66.6 Å². The molecule has 0 bridgehead atoms. The summed E-state index contributed by atoms with van der Waals surface area (Å²) in [5.74, 6) is 1.17. The van der Waals surface area contributed by atoms with Gasteiger partial charge in [-0.25, -0.2) is 0 Å². The van der Waals surface area contributed by atoms with Crippen molar-refractivity contribution in [2.45, 2.75) is 26.2 Å². The summed E-state index contributed by atoms with van der Waals surface area (Å²) in [5, 5.41) is 4.36. The van der Waals surface area contributed by atoms with Crippen LogP contribution in [0.25, 0.3) is 0 Å². The van der Waals surface area contributed by atoms with E-state index in [9.17, 15) is 8.78 Å². The van der Waals surface area contributed by atoms with E-state index in [0.717, 1.165) is 5.56 Å². The minimum Gasteiger partial charge on any atom is -0.482 e. The van der Waals surface area contributed by atoms with E-state index in [4.69, 9.17) is 20.9 Å². The number of aromatic nitrogens is 2. The summed E-state index contributed by atoms with van der Waals surface area (Å²) >= 11 is 6.11. The van der Waals surface area contributed by atoms with Crippen molar-refractivity contribution >= 4 is 11.6 Å². The Kier molecular flexibility index (Phi) is 4.35. The zero-order chi connectivity index (χ0) is 19.0. The lowest BCUT2D eigenvalue weighted by Gasteiger charge is -2.08. The molecule has 0 saturated heterocycles. The van der Waals surface area contributed by atoms with Gasteiger partial charge in [-0.1, -0.05) is 35.0 Å². The van der Waals surface area contributed by atoms with Crippen LogP contribution in [0.2, 0.25) is 5.02 Å². The summed E-state index contributed by atoms with van der Waals surface area (Å²) < 4.78 is 45.8. The van der Waals surface area contributed by atoms with Crippen molar-refractivity contribution in [3.8, 4) is 17.2 Å². The number of aryl methyl sites for hydroxylation is 1. The lowest BCUT2D eigenvalue weighted by molar-refractivity contribution is -0.286. The molecule has 4 rings (SSSR count). The number of para-hydroxylation sites is 1. The number of halogens is 3. The van der Waals surface area contributed by atoms with Crippen LogP contribution in [0.5, 0.6) is 17.2 Å². The normalized spacial score (nSPS) is 14.4. The molecule has 0 aliphatic carbocycles. The van der Waals surface area contributed by atoms with Gasteiger partial charge in [0.25, 0.3) is 5.89 Å². The Morgan fingerprint density at radius 3 is 2.78 bits per heavy atom. The zero-order valence-electron chi connectivity index (χ0n) is 14.0. The van der Waals surface area contributed by atoms with Crippen LogP contribution in [0, 0.1) is 6.92 Å². The average Bonchev–Trinajstić information content (AvgIpc) is 3.16. The van der Waals surface area contributed by atoms with Crippen LogP contribution in [0.4, 0.5) is 8.78 Å². The van der Waals surface area contributed by atoms with Gasteiger partial charge in [0.05, 0.1) is 5.02 Å². The molecule has 0 atom stereocenters. The molecule has 1 aromatic heterocycles. The highest BCUT2D eigenvalue weighted by molar-refractivity contribution is 6.32. The Morgan fingerprint density at radius 1 is 1.15 bits per heavy atom. The van der Waals surface area contributed by atoms with Crippen molar-refractivity contribution in [1.82, 2.24) is 10.1 Å². The molecule has 9 heteroatoms. The van der Waals surface area contributed by atoms with Crippen LogP contribution in [-0.2, 0) is 13.0 Å². The second-order valence-corrected chi connectivity index (χ2v) is 6.31. The average molecular weight is 395 g/mol. The van der Waals surface area contributed by atoms with Crippen molar-refractivity contribution in [3.05, 3.63) is 64.3 Å². The highest BCUT2D eigenvalue weighted by atomic mass is 35.5. The molecule has 1 aliphatic heterocycles. The van der Waals surface area contributed by atoms with E-state index in [1.54, 1.807) is 12.1 Å². The number of rotatable bonds is 5. The third-order valence-corrected chi connectivity index (χ3v) is 4.14. The number of hydrogen-bond donors (Lipinski definition) is 0. The molecule has 0 unspecified atom stereocenters. The molecule has 0 N–H and O–H groups in total. The fraction of sp³-hybridized carbons (Fsp3) is 0.222. The smallest absolute Gasteiger partial charge is 0.482 e. The first-order valence-electron chi connectivity index (χ1n) is 7.98. The Hall–Kier alpha value is -2.87. The van der Waals surface area contributed by atoms with E-state index in [-0.39, 0.29) is 30.4 Å². The Balaban J connectivity index is 1.42. The predicted molar refractivity (Wildman–Crippen MR) is 90.3 cm³/mol. The van der Waals surface area contributed by atoms with Gasteiger partial charge >= 0.3 is 6.29 Å². The minimum atomic E-state index is -3.64. The summed E-state index contributed by atoms with van der Waals surface area (Å²) in [7, 11) is 0. The van der Waals surface area contributed by atoms with E-state index in [0.29, 0.717) is 22.2 Å². The first kappa shape index (κ1) is 17.5. The Bertz CT molecular complexity index is 973. The number of hydrogen-bond acceptors (Lipinski definition) is 6. The summed E-state index contributed by atoms with van der Waals surface area (Å²) in [5.41, 5.74) is 1.56. The van der Waals surface area contributed by atoms with Crippen LogP contribution >= 0.6 is 11.6 Å². The van der Waals surface area contributed by atoms with Gasteiger partial charge in [0, 0.05) is 6.42 Å². The van der Waals surface area contributed by atoms with E-state index < -0.39 is 6.29 Å². The summed E-state index contributed by atoms with van der Waals surface area (Å²) in [4.78, 5) is 4.24. The van der Waals surface area contributed by atoms with Crippen molar-refractivity contribution < 1.29 is 27.5 Å². The summed E-state index contributed by atoms with van der Waals surface area (Å²) in [6.07, 6.45) is -3.37. The molecule has 0 saturated carbocycles. The molecular weight excluding hydrogens is 382 g/mol. The van der Waals surface area contributed by atoms with Crippen LogP contribution in [0.3, 0.4) is 0 Å². The zero-order valence-corrected chi connectivity index (χ0v) is 14.8. The fourth-order valence-electron chi connectivity index (χ4n) is 2.64. The first-order chi connectivity index (χ1) is 12.9. The molecule has 0 radical (unpaired) electrons. The molecular formula is C18H13ClF2N2O4. The molecule has 0 amide bonds. The quantitative estimate of drug-likeness (QED) is 0.633. The van der Waals surface area contributed by atoms with Gasteiger partial charge in [-0.05, 0) is 36.2 Å². The summed E-state index contributed by atoms with van der Waals surface area (Å²) in [6, 6.07) is 9.93. The van der Waals surface area contributed by atoms with Gasteiger partial charge < -0.3 is 18.7 Å². The number of benzene rings is 2. The van der Waals surface area contributed by atoms with Gasteiger partial charge in [-0.2, -0.15) is 4.98 Å². The lowest BCUT2D eigenvalue weighted by Crippen LogP contribution is -2.25. The standard InChI is InChI=1S/C18H13ClF2N2O4/c1-10-3-2-4-12(19)17(10)24-9-16-22-15(23-27-16)8-11-5-6-13-14(7-11)26-18(20,21)25-13/h2-7H,8-9H2,1H3. The predicted octanol–water partition coefficient (Wildman–Crippen LogP) is 4.52. The lowest BCUT2D eigenvalue weighted by atomic mass is 10.1. The fourth-order valence-corrected chi connectivity index (χ4v) is 2.92. The highest BCUT2D eigenvalue weighted by Gasteiger charge is 2.43. The molecule has 1 aliphatic rings. The Labute approximate surface area is 157 Å². The SMILES string of the molecule is Cc1cccc(Cl)c1OCc1nc(Cc2ccc3c(c2)OC(F)(F)O3)no1. The number of fused-ring (bicyclic) bond motifs is 1. The molecule has 27 heavy (non-hydrogen) atoms. The van der Waals surface area contributed by atoms with Crippen molar-refractivity contribution in [1.29, 1.82) is 0 Å². The van der Waals surface area contributed by atoms with Crippen LogP contribution in [-0.4, -0.2) is 16.4 Å². The number of ether oxygens (including phenoxy) is 3. The molecule has 6 nitrogen and oxygen atoms in total. The maximum atomic E-state index is 13.1. The highest BCUT2D eigenvalue weighted by Crippen LogP contribution is 2.41. The minimum absolute atomic E-state index is 0.0129. The first-order valence-corrected chi connectivity index (χ1v) is 8.35. The Morgan fingerprint density at radius 2 is 1.96 bits per heavy atom. The second-order valence-electron chi connectivity index (χ2n) is 5.90. The van der Waals surface area contributed by atoms with Crippen LogP contribution in [0.1, 0.15) is 22.8 Å². The van der Waals surface area contributed by atoms with Crippen LogP contribution < -0.4 is 14.2 Å². The number of alkyl halides is 2. The van der Waals surface area contributed by atoms with Gasteiger partial charge in [0.15, 0.2) is 23.9 Å².